The van der Waals surface area contributed by atoms with Gasteiger partial charge in [0.1, 0.15) is 0 Å². The minimum atomic E-state index is -1.17. The van der Waals surface area contributed by atoms with Crippen LogP contribution in [0.1, 0.15) is 11.7 Å². The lowest BCUT2D eigenvalue weighted by atomic mass is 10.1. The number of nitrogens with zero attached hydrogens (tertiary/aromatic N) is 3. The summed E-state index contributed by atoms with van der Waals surface area (Å²) in [7, 11) is 0. The Morgan fingerprint density at radius 2 is 1.42 bits per heavy atom. The molecule has 11 nitrogen and oxygen atoms in total. The molecule has 0 spiro atoms. The lowest BCUT2D eigenvalue weighted by molar-refractivity contribution is -0.767. The molecule has 2 aromatic heterocycles. The van der Waals surface area contributed by atoms with Gasteiger partial charge in [-0.25, -0.2) is 9.13 Å². The van der Waals surface area contributed by atoms with Crippen LogP contribution in [0.4, 0.5) is 0 Å². The predicted octanol–water partition coefficient (Wildman–Crippen LogP) is -1.26. The second-order valence-corrected chi connectivity index (χ2v) is 4.93. The number of fused-ring (bicyclic) bond motifs is 2. The topological polar surface area (TPSA) is 148 Å². The molecule has 3 rings (SSSR count). The van der Waals surface area contributed by atoms with E-state index in [4.69, 9.17) is 0 Å². The number of aromatic nitrogens is 2. The average Bonchev–Trinajstić information content (AvgIpc) is 2.89. The molecule has 0 radical (unpaired) electrons. The molecule has 0 unspecified atom stereocenters. The van der Waals surface area contributed by atoms with Gasteiger partial charge in [0.2, 0.25) is 5.91 Å². The molecule has 2 heterocycles. The Balaban J connectivity index is 2.40. The zero-order valence-corrected chi connectivity index (χ0v) is 12.0. The largest absolute Gasteiger partial charge is 0.296 e. The van der Waals surface area contributed by atoms with Gasteiger partial charge in [-0.15, -0.1) is 10.1 Å². The van der Waals surface area contributed by atoms with E-state index >= 15 is 0 Å². The normalized spacial score (nSPS) is 11.2. The van der Waals surface area contributed by atoms with E-state index in [9.17, 15) is 34.1 Å². The Bertz CT molecular complexity index is 1160. The van der Waals surface area contributed by atoms with E-state index in [1.165, 1.54) is 0 Å². The van der Waals surface area contributed by atoms with E-state index < -0.39 is 40.0 Å². The summed E-state index contributed by atoms with van der Waals surface area (Å²) in [6.07, 6.45) is 0. The molecule has 0 atom stereocenters. The van der Waals surface area contributed by atoms with Crippen LogP contribution in [-0.2, 0) is 11.6 Å². The van der Waals surface area contributed by atoms with Crippen molar-refractivity contribution < 1.29 is 14.7 Å². The molecule has 0 saturated carbocycles. The third-order valence-corrected chi connectivity index (χ3v) is 3.58. The van der Waals surface area contributed by atoms with Gasteiger partial charge in [-0.3, -0.25) is 28.8 Å². The Morgan fingerprint density at radius 1 is 1.00 bits per heavy atom. The van der Waals surface area contributed by atoms with E-state index in [0.717, 1.165) is 19.1 Å². The zero-order valence-electron chi connectivity index (χ0n) is 12.0. The third kappa shape index (κ3) is 1.95. The van der Waals surface area contributed by atoms with Gasteiger partial charge in [-0.05, 0) is 12.1 Å². The fourth-order valence-corrected chi connectivity index (χ4v) is 2.53. The van der Waals surface area contributed by atoms with Crippen LogP contribution in [0.5, 0.6) is 0 Å². The molecule has 1 aromatic carbocycles. The second kappa shape index (κ2) is 4.94. The summed E-state index contributed by atoms with van der Waals surface area (Å²) in [5, 5.41) is 8.26. The molecule has 11 heteroatoms. The van der Waals surface area contributed by atoms with Crippen molar-refractivity contribution in [1.82, 2.24) is 9.13 Å². The highest BCUT2D eigenvalue weighted by Gasteiger charge is 2.21. The third-order valence-electron chi connectivity index (χ3n) is 3.58. The van der Waals surface area contributed by atoms with Crippen molar-refractivity contribution in [3.05, 3.63) is 63.7 Å². The van der Waals surface area contributed by atoms with E-state index in [2.05, 4.69) is 4.84 Å². The van der Waals surface area contributed by atoms with Crippen molar-refractivity contribution in [3.63, 3.8) is 0 Å². The number of hydrogen-bond donors (Lipinski definition) is 0. The smallest absolute Gasteiger partial charge is 0.292 e. The number of rotatable bonds is 3. The van der Waals surface area contributed by atoms with E-state index in [1.807, 2.05) is 0 Å². The van der Waals surface area contributed by atoms with Crippen LogP contribution in [0.15, 0.2) is 31.3 Å². The highest BCUT2D eigenvalue weighted by atomic mass is 17.0. The molecule has 0 N–H and O–H groups in total. The van der Waals surface area contributed by atoms with Crippen LogP contribution in [0.3, 0.4) is 0 Å². The lowest BCUT2D eigenvalue weighted by Gasteiger charge is -1.96. The summed E-state index contributed by atoms with van der Waals surface area (Å²) in [6.45, 7) is 0.119. The molecular weight excluding hydrogens is 326 g/mol. The van der Waals surface area contributed by atoms with Gasteiger partial charge < -0.3 is 0 Å². The Labute approximate surface area is 129 Å². The number of hydrogen-bond acceptors (Lipinski definition) is 8. The first kappa shape index (κ1) is 15.3. The first-order chi connectivity index (χ1) is 11.2. The quantitative estimate of drug-likeness (QED) is 0.426. The monoisotopic (exact) mass is 333 g/mol. The zero-order chi connectivity index (χ0) is 17.8. The number of carbonyl (C=O) groups excluding carboxylic acids is 1. The molecule has 3 aromatic rings. The molecule has 122 valence electrons. The molecule has 0 aliphatic rings. The first-order valence-electron chi connectivity index (χ1n) is 6.45. The first-order valence-corrected chi connectivity index (χ1v) is 6.45. The Hall–Kier alpha value is -3.63. The fraction of sp³-hybridized carbons (Fsp3) is 0.154. The molecular formula is C13H7N3O8. The van der Waals surface area contributed by atoms with Crippen LogP contribution in [-0.4, -0.2) is 20.1 Å². The maximum atomic E-state index is 12.1. The lowest BCUT2D eigenvalue weighted by Crippen LogP contribution is -2.30. The minimum Gasteiger partial charge on any atom is -0.292 e. The van der Waals surface area contributed by atoms with E-state index in [0.29, 0.717) is 9.13 Å². The van der Waals surface area contributed by atoms with Gasteiger partial charge in [0.25, 0.3) is 27.3 Å². The standard InChI is InChI=1S/C13H7N3O8/c1-5(17)15-12(20)8-2-6-7(3-9(8)13(15)21)11(19)14(10(6)18)4-24-16(22)23/h2-3H,4H2,1H3. The summed E-state index contributed by atoms with van der Waals surface area (Å²) in [6, 6.07) is 2.06. The fourth-order valence-electron chi connectivity index (χ4n) is 2.53. The predicted molar refractivity (Wildman–Crippen MR) is 79.3 cm³/mol. The molecule has 0 saturated heterocycles. The van der Waals surface area contributed by atoms with Crippen LogP contribution in [0.25, 0.3) is 21.5 Å². The van der Waals surface area contributed by atoms with Crippen LogP contribution >= 0.6 is 0 Å². The average molecular weight is 333 g/mol. The maximum Gasteiger partial charge on any atom is 0.296 e. The van der Waals surface area contributed by atoms with Crippen molar-refractivity contribution in [1.29, 1.82) is 0 Å². The van der Waals surface area contributed by atoms with Gasteiger partial charge >= 0.3 is 0 Å². The van der Waals surface area contributed by atoms with Crippen molar-refractivity contribution in [2.24, 2.45) is 0 Å². The highest BCUT2D eigenvalue weighted by Crippen LogP contribution is 2.14. The summed E-state index contributed by atoms with van der Waals surface area (Å²) >= 11 is 0. The van der Waals surface area contributed by atoms with Crippen molar-refractivity contribution in [2.75, 3.05) is 0 Å². The molecule has 0 aliphatic carbocycles. The highest BCUT2D eigenvalue weighted by molar-refractivity contribution is 5.99. The van der Waals surface area contributed by atoms with Crippen molar-refractivity contribution in [2.45, 2.75) is 13.7 Å². The molecule has 0 fully saturated rings. The van der Waals surface area contributed by atoms with Gasteiger partial charge in [0.05, 0.1) is 21.5 Å². The van der Waals surface area contributed by atoms with E-state index in [-0.39, 0.29) is 21.5 Å². The molecule has 0 amide bonds. The van der Waals surface area contributed by atoms with Crippen LogP contribution in [0, 0.1) is 10.1 Å². The molecule has 0 bridgehead atoms. The van der Waals surface area contributed by atoms with E-state index in [1.54, 1.807) is 0 Å². The summed E-state index contributed by atoms with van der Waals surface area (Å²) in [4.78, 5) is 74.1. The van der Waals surface area contributed by atoms with Crippen LogP contribution in [0.2, 0.25) is 0 Å². The maximum absolute atomic E-state index is 12.1. The second-order valence-electron chi connectivity index (χ2n) is 4.93. The van der Waals surface area contributed by atoms with Gasteiger partial charge in [0, 0.05) is 6.92 Å². The number of carbonyl (C=O) groups is 1. The van der Waals surface area contributed by atoms with Gasteiger partial charge in [-0.2, -0.15) is 0 Å². The van der Waals surface area contributed by atoms with Crippen molar-refractivity contribution >= 4 is 27.5 Å². The number of benzene rings is 1. The SMILES string of the molecule is CC(=O)n1c(=O)c2cc3c(=O)n(CO[N+](=O)[O-])c(=O)c3cc2c1=O. The molecule has 0 aliphatic heterocycles. The minimum absolute atomic E-state index is 0.188. The summed E-state index contributed by atoms with van der Waals surface area (Å²) < 4.78 is 0.878. The van der Waals surface area contributed by atoms with Gasteiger partial charge in [0.15, 0.2) is 6.73 Å². The van der Waals surface area contributed by atoms with Gasteiger partial charge in [-0.1, -0.05) is 0 Å². The summed E-state index contributed by atoms with van der Waals surface area (Å²) in [5.74, 6) is -0.792. The van der Waals surface area contributed by atoms with Crippen LogP contribution < -0.4 is 22.2 Å². The Morgan fingerprint density at radius 3 is 1.79 bits per heavy atom. The molecule has 24 heavy (non-hydrogen) atoms. The van der Waals surface area contributed by atoms with Crippen molar-refractivity contribution in [3.8, 4) is 0 Å². The Kier molecular flexibility index (Phi) is 3.14. The summed E-state index contributed by atoms with van der Waals surface area (Å²) in [5.41, 5.74) is -3.60.